The Morgan fingerprint density at radius 3 is 2.47 bits per heavy atom. The molecular formula is C27H41NO5S. The quantitative estimate of drug-likeness (QED) is 0.440. The molecule has 7 heteroatoms. The zero-order valence-corrected chi connectivity index (χ0v) is 22.4. The van der Waals surface area contributed by atoms with Crippen molar-refractivity contribution < 1.29 is 24.5 Å². The number of Topliss-reactive ketones (excluding diaryl/α,β-unsaturated/α-hetero) is 1. The third-order valence-electron chi connectivity index (χ3n) is 7.05. The van der Waals surface area contributed by atoms with Crippen molar-refractivity contribution in [1.29, 1.82) is 0 Å². The van der Waals surface area contributed by atoms with Crippen LogP contribution in [0.1, 0.15) is 77.9 Å². The molecule has 1 aliphatic heterocycles. The Balaban J connectivity index is 2.34. The zero-order valence-electron chi connectivity index (χ0n) is 21.6. The first-order valence-electron chi connectivity index (χ1n) is 12.2. The van der Waals surface area contributed by atoms with E-state index in [0.717, 1.165) is 35.5 Å². The number of aliphatic hydroxyl groups is 2. The molecular weight excluding hydrogens is 450 g/mol. The number of esters is 1. The summed E-state index contributed by atoms with van der Waals surface area (Å²) in [5.74, 6) is -2.41. The van der Waals surface area contributed by atoms with Crippen LogP contribution in [0.5, 0.6) is 0 Å². The van der Waals surface area contributed by atoms with Crippen LogP contribution < -0.4 is 0 Å². The van der Waals surface area contributed by atoms with Gasteiger partial charge in [-0.1, -0.05) is 39.8 Å². The Hall–Kier alpha value is -1.83. The molecule has 0 fully saturated rings. The van der Waals surface area contributed by atoms with Gasteiger partial charge in [0.1, 0.15) is 11.9 Å². The maximum atomic E-state index is 13.3. The molecule has 2 rings (SSSR count). The summed E-state index contributed by atoms with van der Waals surface area (Å²) in [5.41, 5.74) is 0.480. The van der Waals surface area contributed by atoms with E-state index < -0.39 is 41.5 Å². The third-order valence-corrected chi connectivity index (χ3v) is 7.85. The topological polar surface area (TPSA) is 96.7 Å². The van der Waals surface area contributed by atoms with Crippen molar-refractivity contribution in [3.05, 3.63) is 33.8 Å². The van der Waals surface area contributed by atoms with E-state index in [9.17, 15) is 19.8 Å². The van der Waals surface area contributed by atoms with E-state index in [1.54, 1.807) is 39.0 Å². The van der Waals surface area contributed by atoms with Gasteiger partial charge in [-0.05, 0) is 57.6 Å². The highest BCUT2D eigenvalue weighted by atomic mass is 32.1. The van der Waals surface area contributed by atoms with Gasteiger partial charge in [-0.15, -0.1) is 11.3 Å². The van der Waals surface area contributed by atoms with Gasteiger partial charge in [0, 0.05) is 17.7 Å². The summed E-state index contributed by atoms with van der Waals surface area (Å²) in [7, 11) is 0. The molecule has 0 aliphatic carbocycles. The van der Waals surface area contributed by atoms with Crippen molar-refractivity contribution >= 4 is 29.2 Å². The first-order chi connectivity index (χ1) is 15.9. The molecule has 1 unspecified atom stereocenters. The molecule has 6 atom stereocenters. The van der Waals surface area contributed by atoms with Crippen molar-refractivity contribution in [3.63, 3.8) is 0 Å². The van der Waals surface area contributed by atoms with E-state index in [2.05, 4.69) is 11.1 Å². The number of cyclic esters (lactones) is 1. The van der Waals surface area contributed by atoms with Crippen LogP contribution in [-0.2, 0) is 14.3 Å². The number of carbonyl (C=O) groups is 2. The summed E-state index contributed by atoms with van der Waals surface area (Å²) in [4.78, 5) is 30.8. The molecule has 0 bridgehead atoms. The summed E-state index contributed by atoms with van der Waals surface area (Å²) in [5, 5.41) is 24.7. The van der Waals surface area contributed by atoms with Crippen LogP contribution in [0.4, 0.5) is 0 Å². The molecule has 0 spiro atoms. The second-order valence-electron chi connectivity index (χ2n) is 10.3. The van der Waals surface area contributed by atoms with E-state index in [0.29, 0.717) is 6.42 Å². The van der Waals surface area contributed by atoms with Gasteiger partial charge < -0.3 is 14.9 Å². The van der Waals surface area contributed by atoms with Crippen molar-refractivity contribution in [2.75, 3.05) is 0 Å². The number of thiazole rings is 1. The molecule has 0 saturated heterocycles. The number of ketones is 1. The molecule has 0 radical (unpaired) electrons. The van der Waals surface area contributed by atoms with Crippen molar-refractivity contribution in [2.45, 2.75) is 92.5 Å². The average Bonchev–Trinajstić information content (AvgIpc) is 3.20. The van der Waals surface area contributed by atoms with Crippen LogP contribution in [0.15, 0.2) is 23.1 Å². The largest absolute Gasteiger partial charge is 0.457 e. The fourth-order valence-corrected chi connectivity index (χ4v) is 5.12. The first-order valence-corrected chi connectivity index (χ1v) is 13.1. The number of aliphatic hydroxyl groups excluding tert-OH is 2. The number of nitrogens with zero attached hydrogens (tertiary/aromatic N) is 1. The van der Waals surface area contributed by atoms with Gasteiger partial charge in [0.2, 0.25) is 0 Å². The molecule has 1 aromatic heterocycles. The summed E-state index contributed by atoms with van der Waals surface area (Å²) < 4.78 is 5.86. The molecule has 34 heavy (non-hydrogen) atoms. The minimum atomic E-state index is -1.24. The number of hydrogen-bond donors (Lipinski definition) is 2. The van der Waals surface area contributed by atoms with Gasteiger partial charge in [0.25, 0.3) is 0 Å². The lowest BCUT2D eigenvalue weighted by molar-refractivity contribution is -0.161. The Labute approximate surface area is 208 Å². The van der Waals surface area contributed by atoms with Gasteiger partial charge in [-0.3, -0.25) is 9.59 Å². The van der Waals surface area contributed by atoms with Crippen molar-refractivity contribution in [3.8, 4) is 0 Å². The summed E-state index contributed by atoms with van der Waals surface area (Å²) in [6.45, 7) is 12.4. The second-order valence-corrected chi connectivity index (χ2v) is 11.4. The van der Waals surface area contributed by atoms with Crippen LogP contribution >= 0.6 is 11.3 Å². The van der Waals surface area contributed by atoms with Gasteiger partial charge in [0.15, 0.2) is 0 Å². The number of carbonyl (C=O) groups excluding carboxylic acids is 2. The fraction of sp³-hybridized carbons (Fsp3) is 0.667. The van der Waals surface area contributed by atoms with E-state index in [1.165, 1.54) is 0 Å². The molecule has 6 nitrogen and oxygen atoms in total. The monoisotopic (exact) mass is 491 g/mol. The lowest BCUT2D eigenvalue weighted by Gasteiger charge is -2.36. The van der Waals surface area contributed by atoms with Crippen LogP contribution in [0.25, 0.3) is 6.08 Å². The number of aryl methyl sites for hydroxylation is 1. The van der Waals surface area contributed by atoms with Crippen LogP contribution in [0.2, 0.25) is 0 Å². The van der Waals surface area contributed by atoms with E-state index in [-0.39, 0.29) is 11.7 Å². The number of aromatic nitrogens is 1. The Morgan fingerprint density at radius 1 is 1.18 bits per heavy atom. The fourth-order valence-electron chi connectivity index (χ4n) is 4.55. The summed E-state index contributed by atoms with van der Waals surface area (Å²) >= 11 is 1.56. The van der Waals surface area contributed by atoms with Gasteiger partial charge in [-0.25, -0.2) is 4.98 Å². The first kappa shape index (κ1) is 28.4. The van der Waals surface area contributed by atoms with E-state index in [1.807, 2.05) is 38.3 Å². The SMILES string of the molecule is C/C(=C\c1csc(C)n1)[C@@H]1C/C=C\CCC[C@H](C)[C@H](O)[C@@H](C)C(=O)C(C)(C)[C@@H](O)C(C)C(=O)O1. The number of rotatable bonds is 2. The number of allylic oxidation sites excluding steroid dienone is 1. The van der Waals surface area contributed by atoms with Crippen molar-refractivity contribution in [2.24, 2.45) is 23.2 Å². The molecule has 2 heterocycles. The molecule has 0 saturated carbocycles. The predicted octanol–water partition coefficient (Wildman–Crippen LogP) is 5.12. The van der Waals surface area contributed by atoms with E-state index in [4.69, 9.17) is 4.74 Å². The maximum Gasteiger partial charge on any atom is 0.311 e. The zero-order chi connectivity index (χ0) is 25.6. The maximum absolute atomic E-state index is 13.3. The minimum Gasteiger partial charge on any atom is -0.457 e. The molecule has 1 aliphatic rings. The average molecular weight is 492 g/mol. The molecule has 2 N–H and O–H groups in total. The lowest BCUT2D eigenvalue weighted by Crippen LogP contribution is -2.49. The highest BCUT2D eigenvalue weighted by Gasteiger charge is 2.45. The highest BCUT2D eigenvalue weighted by Crippen LogP contribution is 2.34. The normalized spacial score (nSPS) is 33.4. The standard InChI is InChI=1S/C27H41NO5S/c1-16-12-10-8-9-11-13-22(17(2)14-21-15-34-20(5)28-21)33-26(32)19(4)25(31)27(6,7)24(30)18(3)23(16)29/h9,11,14-16,18-19,22-23,25,29,31H,8,10,12-13H2,1-7H3/b11-9-,17-14+/t16-,18+,19?,22-,23-,25-/m0/s1. The molecule has 1 aromatic rings. The Kier molecular flexibility index (Phi) is 10.2. The summed E-state index contributed by atoms with van der Waals surface area (Å²) in [6.07, 6.45) is 6.51. The highest BCUT2D eigenvalue weighted by molar-refractivity contribution is 7.09. The lowest BCUT2D eigenvalue weighted by atomic mass is 9.71. The van der Waals surface area contributed by atoms with Gasteiger partial charge >= 0.3 is 5.97 Å². The summed E-state index contributed by atoms with van der Waals surface area (Å²) in [6, 6.07) is 0. The Bertz CT molecular complexity index is 903. The van der Waals surface area contributed by atoms with Crippen LogP contribution in [0, 0.1) is 30.1 Å². The predicted molar refractivity (Wildman–Crippen MR) is 136 cm³/mol. The number of ether oxygens (including phenoxy) is 1. The number of hydrogen-bond acceptors (Lipinski definition) is 7. The Morgan fingerprint density at radius 2 is 1.85 bits per heavy atom. The van der Waals surface area contributed by atoms with Crippen LogP contribution in [-0.4, -0.2) is 45.3 Å². The van der Waals surface area contributed by atoms with Gasteiger partial charge in [0.05, 0.1) is 34.2 Å². The smallest absolute Gasteiger partial charge is 0.311 e. The van der Waals surface area contributed by atoms with E-state index >= 15 is 0 Å². The molecule has 190 valence electrons. The molecule has 0 amide bonds. The van der Waals surface area contributed by atoms with Gasteiger partial charge in [-0.2, -0.15) is 0 Å². The van der Waals surface area contributed by atoms with Crippen molar-refractivity contribution in [1.82, 2.24) is 4.98 Å². The molecule has 0 aromatic carbocycles. The van der Waals surface area contributed by atoms with Crippen LogP contribution in [0.3, 0.4) is 0 Å². The third kappa shape index (κ3) is 7.09. The minimum absolute atomic E-state index is 0.0462. The second kappa shape index (κ2) is 12.2.